The van der Waals surface area contributed by atoms with Crippen LogP contribution in [-0.2, 0) is 14.8 Å². The molecule has 0 saturated heterocycles. The SMILES string of the molecule is O=C(/C=C/c1ccc(S(=O)(=O)NC2CC2)cc1)NCCC(c1ccccc1)c1ccccc1. The molecule has 33 heavy (non-hydrogen) atoms. The Balaban J connectivity index is 1.32. The van der Waals surface area contributed by atoms with Crippen molar-refractivity contribution in [1.29, 1.82) is 0 Å². The highest BCUT2D eigenvalue weighted by atomic mass is 32.2. The second-order valence-corrected chi connectivity index (χ2v) is 9.97. The lowest BCUT2D eigenvalue weighted by molar-refractivity contribution is -0.116. The molecule has 4 rings (SSSR count). The van der Waals surface area contributed by atoms with Gasteiger partial charge in [0.05, 0.1) is 4.90 Å². The van der Waals surface area contributed by atoms with Crippen molar-refractivity contribution in [1.82, 2.24) is 10.0 Å². The van der Waals surface area contributed by atoms with E-state index in [0.29, 0.717) is 6.54 Å². The lowest BCUT2D eigenvalue weighted by Gasteiger charge is -2.18. The van der Waals surface area contributed by atoms with Gasteiger partial charge in [-0.25, -0.2) is 13.1 Å². The summed E-state index contributed by atoms with van der Waals surface area (Å²) in [5.74, 6) is 0.0254. The zero-order valence-corrected chi connectivity index (χ0v) is 19.2. The Kier molecular flexibility index (Phi) is 7.37. The van der Waals surface area contributed by atoms with Gasteiger partial charge in [0.2, 0.25) is 15.9 Å². The van der Waals surface area contributed by atoms with Crippen molar-refractivity contribution in [2.24, 2.45) is 0 Å². The Labute approximate surface area is 195 Å². The number of carbonyl (C=O) groups excluding carboxylic acids is 1. The van der Waals surface area contributed by atoms with Gasteiger partial charge in [0.1, 0.15) is 0 Å². The molecule has 1 saturated carbocycles. The highest BCUT2D eigenvalue weighted by Gasteiger charge is 2.27. The molecule has 0 aliphatic heterocycles. The lowest BCUT2D eigenvalue weighted by Crippen LogP contribution is -2.25. The van der Waals surface area contributed by atoms with E-state index in [0.717, 1.165) is 24.8 Å². The Morgan fingerprint density at radius 3 is 2.00 bits per heavy atom. The van der Waals surface area contributed by atoms with E-state index in [1.807, 2.05) is 36.4 Å². The molecule has 5 nitrogen and oxygen atoms in total. The van der Waals surface area contributed by atoms with Crippen LogP contribution in [0.2, 0.25) is 0 Å². The first-order chi connectivity index (χ1) is 16.0. The third kappa shape index (κ3) is 6.63. The Hall–Kier alpha value is -3.22. The number of carbonyl (C=O) groups is 1. The molecule has 6 heteroatoms. The van der Waals surface area contributed by atoms with E-state index in [1.54, 1.807) is 30.3 Å². The van der Waals surface area contributed by atoms with Crippen LogP contribution in [-0.4, -0.2) is 26.9 Å². The minimum absolute atomic E-state index is 0.0710. The van der Waals surface area contributed by atoms with Crippen LogP contribution in [0.5, 0.6) is 0 Å². The van der Waals surface area contributed by atoms with Crippen molar-refractivity contribution in [3.8, 4) is 0 Å². The molecule has 0 unspecified atom stereocenters. The standard InChI is InChI=1S/C27H28N2O3S/c30-27(18-13-21-11-16-25(17-12-21)33(31,32)29-24-14-15-24)28-20-19-26(22-7-3-1-4-8-22)23-9-5-2-6-10-23/h1-13,16-18,24,26,29H,14-15,19-20H2,(H,28,30)/b18-13+. The van der Waals surface area contributed by atoms with Crippen LogP contribution in [0.1, 0.15) is 41.9 Å². The van der Waals surface area contributed by atoms with E-state index in [1.165, 1.54) is 17.2 Å². The Bertz CT molecular complexity index is 1150. The predicted octanol–water partition coefficient (Wildman–Crippen LogP) is 4.48. The molecule has 0 aromatic heterocycles. The van der Waals surface area contributed by atoms with E-state index in [2.05, 4.69) is 34.3 Å². The van der Waals surface area contributed by atoms with Gasteiger partial charge in [-0.2, -0.15) is 0 Å². The fraction of sp³-hybridized carbons (Fsp3) is 0.222. The van der Waals surface area contributed by atoms with Gasteiger partial charge in [-0.1, -0.05) is 72.8 Å². The minimum atomic E-state index is -3.46. The number of hydrogen-bond donors (Lipinski definition) is 2. The average Bonchev–Trinajstić information content (AvgIpc) is 3.65. The zero-order chi connectivity index (χ0) is 23.1. The molecule has 0 heterocycles. The third-order valence-corrected chi connectivity index (χ3v) is 7.19. The van der Waals surface area contributed by atoms with Gasteiger partial charge in [0, 0.05) is 24.6 Å². The summed E-state index contributed by atoms with van der Waals surface area (Å²) in [4.78, 5) is 12.6. The number of amides is 1. The van der Waals surface area contributed by atoms with Crippen molar-refractivity contribution < 1.29 is 13.2 Å². The molecule has 0 radical (unpaired) electrons. The van der Waals surface area contributed by atoms with Crippen LogP contribution in [0.25, 0.3) is 6.08 Å². The molecule has 170 valence electrons. The molecule has 1 aliphatic rings. The summed E-state index contributed by atoms with van der Waals surface area (Å²) < 4.78 is 27.2. The summed E-state index contributed by atoms with van der Waals surface area (Å²) in [5, 5.41) is 2.96. The minimum Gasteiger partial charge on any atom is -0.353 e. The highest BCUT2D eigenvalue weighted by molar-refractivity contribution is 7.89. The second-order valence-electron chi connectivity index (χ2n) is 8.25. The summed E-state index contributed by atoms with van der Waals surface area (Å²) in [7, 11) is -3.46. The van der Waals surface area contributed by atoms with Crippen molar-refractivity contribution in [2.45, 2.75) is 36.1 Å². The molecule has 1 amide bonds. The van der Waals surface area contributed by atoms with Crippen molar-refractivity contribution in [3.05, 3.63) is 108 Å². The molecule has 3 aromatic rings. The van der Waals surface area contributed by atoms with Gasteiger partial charge in [0.15, 0.2) is 0 Å². The van der Waals surface area contributed by atoms with Crippen LogP contribution in [0, 0.1) is 0 Å². The smallest absolute Gasteiger partial charge is 0.243 e. The van der Waals surface area contributed by atoms with Crippen LogP contribution in [0.4, 0.5) is 0 Å². The van der Waals surface area contributed by atoms with Crippen molar-refractivity contribution in [2.75, 3.05) is 6.54 Å². The van der Waals surface area contributed by atoms with E-state index in [9.17, 15) is 13.2 Å². The summed E-state index contributed by atoms with van der Waals surface area (Å²) in [5.41, 5.74) is 3.21. The molecule has 1 aliphatic carbocycles. The van der Waals surface area contributed by atoms with E-state index in [4.69, 9.17) is 0 Å². The number of hydrogen-bond acceptors (Lipinski definition) is 3. The lowest BCUT2D eigenvalue weighted by atomic mass is 9.88. The number of rotatable bonds is 10. The molecular formula is C27H28N2O3S. The topological polar surface area (TPSA) is 75.3 Å². The first-order valence-electron chi connectivity index (χ1n) is 11.2. The predicted molar refractivity (Wildman–Crippen MR) is 131 cm³/mol. The Morgan fingerprint density at radius 2 is 1.45 bits per heavy atom. The average molecular weight is 461 g/mol. The van der Waals surface area contributed by atoms with Gasteiger partial charge in [-0.15, -0.1) is 0 Å². The normalized spacial score (nSPS) is 14.0. The number of nitrogens with one attached hydrogen (secondary N) is 2. The maximum absolute atomic E-state index is 12.3. The van der Waals surface area contributed by atoms with Crippen molar-refractivity contribution >= 4 is 22.0 Å². The van der Waals surface area contributed by atoms with E-state index < -0.39 is 10.0 Å². The summed E-state index contributed by atoms with van der Waals surface area (Å²) >= 11 is 0. The van der Waals surface area contributed by atoms with Gasteiger partial charge in [-0.05, 0) is 54.2 Å². The Morgan fingerprint density at radius 1 is 0.879 bits per heavy atom. The largest absolute Gasteiger partial charge is 0.353 e. The molecule has 3 aromatic carbocycles. The van der Waals surface area contributed by atoms with Gasteiger partial charge < -0.3 is 5.32 Å². The monoisotopic (exact) mass is 460 g/mol. The fourth-order valence-electron chi connectivity index (χ4n) is 3.71. The molecule has 0 spiro atoms. The second kappa shape index (κ2) is 10.6. The molecule has 1 fully saturated rings. The molecular weight excluding hydrogens is 432 g/mol. The quantitative estimate of drug-likeness (QED) is 0.438. The van der Waals surface area contributed by atoms with Crippen LogP contribution >= 0.6 is 0 Å². The van der Waals surface area contributed by atoms with Crippen LogP contribution in [0.15, 0.2) is 95.9 Å². The van der Waals surface area contributed by atoms with Crippen LogP contribution < -0.4 is 10.0 Å². The maximum atomic E-state index is 12.3. The van der Waals surface area contributed by atoms with Crippen molar-refractivity contribution in [3.63, 3.8) is 0 Å². The van der Waals surface area contributed by atoms with Gasteiger partial charge in [-0.3, -0.25) is 4.79 Å². The van der Waals surface area contributed by atoms with Gasteiger partial charge >= 0.3 is 0 Å². The molecule has 2 N–H and O–H groups in total. The maximum Gasteiger partial charge on any atom is 0.243 e. The fourth-order valence-corrected chi connectivity index (χ4v) is 5.02. The summed E-state index contributed by atoms with van der Waals surface area (Å²) in [6, 6.07) is 27.2. The first-order valence-corrected chi connectivity index (χ1v) is 12.7. The summed E-state index contributed by atoms with van der Waals surface area (Å²) in [6.45, 7) is 0.543. The number of benzene rings is 3. The van der Waals surface area contributed by atoms with Crippen LogP contribution in [0.3, 0.4) is 0 Å². The zero-order valence-electron chi connectivity index (χ0n) is 18.4. The third-order valence-electron chi connectivity index (χ3n) is 5.65. The highest BCUT2D eigenvalue weighted by Crippen LogP contribution is 2.27. The van der Waals surface area contributed by atoms with E-state index >= 15 is 0 Å². The summed E-state index contributed by atoms with van der Waals surface area (Å²) in [6.07, 6.45) is 5.74. The van der Waals surface area contributed by atoms with Gasteiger partial charge in [0.25, 0.3) is 0 Å². The molecule has 0 bridgehead atoms. The molecule has 0 atom stereocenters. The first kappa shape index (κ1) is 23.0. The van der Waals surface area contributed by atoms with E-state index in [-0.39, 0.29) is 22.8 Å². The number of sulfonamides is 1.